The maximum Gasteiger partial charge on any atom is 0.243 e. The number of aryl methyl sites for hydroxylation is 1. The topological polar surface area (TPSA) is 98.0 Å². The van der Waals surface area contributed by atoms with E-state index in [0.29, 0.717) is 55.8 Å². The second-order valence-corrected chi connectivity index (χ2v) is 8.47. The number of aromatic nitrogens is 2. The molecule has 1 aromatic heterocycles. The van der Waals surface area contributed by atoms with Crippen LogP contribution in [-0.4, -0.2) is 68.2 Å². The number of rotatable bonds is 7. The summed E-state index contributed by atoms with van der Waals surface area (Å²) in [6.45, 7) is 5.89. The zero-order valence-electron chi connectivity index (χ0n) is 16.6. The summed E-state index contributed by atoms with van der Waals surface area (Å²) in [6.07, 6.45) is 0.716. The van der Waals surface area contributed by atoms with Crippen LogP contribution in [0.3, 0.4) is 0 Å². The largest absolute Gasteiger partial charge is 0.493 e. The Morgan fingerprint density at radius 1 is 1.14 bits per heavy atom. The molecule has 0 bridgehead atoms. The van der Waals surface area contributed by atoms with Crippen molar-refractivity contribution < 1.29 is 22.4 Å². The summed E-state index contributed by atoms with van der Waals surface area (Å²) in [5, 5.41) is 3.93. The van der Waals surface area contributed by atoms with E-state index >= 15 is 0 Å². The smallest absolute Gasteiger partial charge is 0.243 e. The highest BCUT2D eigenvalue weighted by atomic mass is 32.2. The minimum atomic E-state index is -3.61. The van der Waals surface area contributed by atoms with E-state index in [2.05, 4.69) is 15.0 Å². The summed E-state index contributed by atoms with van der Waals surface area (Å²) in [7, 11) is -0.618. The fourth-order valence-corrected chi connectivity index (χ4v) is 4.63. The van der Waals surface area contributed by atoms with Gasteiger partial charge in [-0.1, -0.05) is 12.1 Å². The minimum absolute atomic E-state index is 0.0567. The van der Waals surface area contributed by atoms with Gasteiger partial charge in [0.15, 0.2) is 17.3 Å². The van der Waals surface area contributed by atoms with E-state index in [9.17, 15) is 8.42 Å². The molecule has 0 aliphatic carbocycles. The van der Waals surface area contributed by atoms with E-state index in [0.717, 1.165) is 0 Å². The number of nitrogens with zero attached hydrogens (tertiary/aromatic N) is 4. The molecular formula is C18H26N4O5S. The number of ether oxygens (including phenoxy) is 2. The third kappa shape index (κ3) is 3.98. The molecule has 1 fully saturated rings. The Morgan fingerprint density at radius 3 is 2.39 bits per heavy atom. The summed E-state index contributed by atoms with van der Waals surface area (Å²) in [4.78, 5) is 6.71. The average molecular weight is 410 g/mol. The van der Waals surface area contributed by atoms with Crippen molar-refractivity contribution in [3.05, 3.63) is 29.9 Å². The number of sulfonamides is 1. The van der Waals surface area contributed by atoms with Crippen LogP contribution in [0.4, 0.5) is 0 Å². The van der Waals surface area contributed by atoms with Crippen LogP contribution in [0.25, 0.3) is 0 Å². The van der Waals surface area contributed by atoms with Crippen molar-refractivity contribution in [2.75, 3.05) is 40.4 Å². The highest BCUT2D eigenvalue weighted by Crippen LogP contribution is 2.31. The van der Waals surface area contributed by atoms with Gasteiger partial charge in [0.25, 0.3) is 0 Å². The van der Waals surface area contributed by atoms with Gasteiger partial charge >= 0.3 is 0 Å². The Bertz CT molecular complexity index is 906. The molecule has 3 rings (SSSR count). The van der Waals surface area contributed by atoms with Crippen molar-refractivity contribution >= 4 is 10.0 Å². The number of benzene rings is 1. The van der Waals surface area contributed by atoms with E-state index in [-0.39, 0.29) is 10.9 Å². The zero-order valence-corrected chi connectivity index (χ0v) is 17.4. The molecule has 1 unspecified atom stereocenters. The first-order valence-corrected chi connectivity index (χ1v) is 10.6. The van der Waals surface area contributed by atoms with Crippen LogP contribution in [0.15, 0.2) is 27.6 Å². The summed E-state index contributed by atoms with van der Waals surface area (Å²) >= 11 is 0. The quantitative estimate of drug-likeness (QED) is 0.680. The van der Waals surface area contributed by atoms with Gasteiger partial charge in [0.2, 0.25) is 15.9 Å². The van der Waals surface area contributed by atoms with Crippen molar-refractivity contribution in [2.24, 2.45) is 0 Å². The molecule has 10 heteroatoms. The van der Waals surface area contributed by atoms with Crippen molar-refractivity contribution in [1.82, 2.24) is 19.3 Å². The first-order valence-electron chi connectivity index (χ1n) is 9.19. The molecule has 1 aliphatic heterocycles. The Morgan fingerprint density at radius 2 is 1.82 bits per heavy atom. The lowest BCUT2D eigenvalue weighted by Crippen LogP contribution is -2.49. The molecule has 1 atom stereocenters. The van der Waals surface area contributed by atoms with Gasteiger partial charge in [0.1, 0.15) is 0 Å². The van der Waals surface area contributed by atoms with Gasteiger partial charge in [-0.3, -0.25) is 4.90 Å². The molecule has 9 nitrogen and oxygen atoms in total. The summed E-state index contributed by atoms with van der Waals surface area (Å²) in [6, 6.07) is 4.58. The molecule has 154 valence electrons. The molecule has 0 spiro atoms. The van der Waals surface area contributed by atoms with Crippen LogP contribution < -0.4 is 9.47 Å². The summed E-state index contributed by atoms with van der Waals surface area (Å²) in [5.41, 5.74) is 0. The second-order valence-electron chi connectivity index (χ2n) is 6.54. The Hall–Kier alpha value is -2.17. The Kier molecular flexibility index (Phi) is 6.21. The van der Waals surface area contributed by atoms with E-state index < -0.39 is 10.0 Å². The zero-order chi connectivity index (χ0) is 20.3. The number of hydrogen-bond donors (Lipinski definition) is 0. The molecule has 0 radical (unpaired) electrons. The lowest BCUT2D eigenvalue weighted by molar-refractivity contribution is 0.124. The van der Waals surface area contributed by atoms with Gasteiger partial charge in [0.05, 0.1) is 25.2 Å². The third-order valence-corrected chi connectivity index (χ3v) is 6.87. The molecule has 1 saturated heterocycles. The lowest BCUT2D eigenvalue weighted by Gasteiger charge is -2.36. The van der Waals surface area contributed by atoms with Gasteiger partial charge in [-0.2, -0.15) is 9.29 Å². The van der Waals surface area contributed by atoms with E-state index in [4.69, 9.17) is 14.0 Å². The monoisotopic (exact) mass is 410 g/mol. The Balaban J connectivity index is 1.69. The van der Waals surface area contributed by atoms with Gasteiger partial charge in [-0.15, -0.1) is 0 Å². The van der Waals surface area contributed by atoms with Crippen LogP contribution in [0, 0.1) is 0 Å². The molecule has 28 heavy (non-hydrogen) atoms. The predicted molar refractivity (Wildman–Crippen MR) is 102 cm³/mol. The first-order chi connectivity index (χ1) is 13.4. The average Bonchev–Trinajstić information content (AvgIpc) is 3.22. The van der Waals surface area contributed by atoms with Gasteiger partial charge in [-0.25, -0.2) is 8.42 Å². The van der Waals surface area contributed by atoms with Crippen LogP contribution in [0.5, 0.6) is 11.5 Å². The molecule has 0 amide bonds. The van der Waals surface area contributed by atoms with Crippen molar-refractivity contribution in [2.45, 2.75) is 31.2 Å². The molecule has 0 saturated carbocycles. The minimum Gasteiger partial charge on any atom is -0.493 e. The Labute approximate surface area is 165 Å². The summed E-state index contributed by atoms with van der Waals surface area (Å²) < 4.78 is 43.2. The fourth-order valence-electron chi connectivity index (χ4n) is 3.19. The van der Waals surface area contributed by atoms with E-state index in [1.807, 2.05) is 13.8 Å². The normalized spacial score (nSPS) is 17.4. The maximum absolute atomic E-state index is 13.0. The molecule has 2 aromatic rings. The molecule has 1 aromatic carbocycles. The van der Waals surface area contributed by atoms with Crippen molar-refractivity contribution in [3.63, 3.8) is 0 Å². The molecule has 2 heterocycles. The van der Waals surface area contributed by atoms with Crippen LogP contribution in [0.2, 0.25) is 0 Å². The number of hydrogen-bond acceptors (Lipinski definition) is 8. The lowest BCUT2D eigenvalue weighted by atomic mass is 10.2. The number of methoxy groups -OCH3 is 2. The fraction of sp³-hybridized carbons (Fsp3) is 0.556. The van der Waals surface area contributed by atoms with Crippen LogP contribution >= 0.6 is 0 Å². The van der Waals surface area contributed by atoms with Crippen LogP contribution in [-0.2, 0) is 16.4 Å². The highest BCUT2D eigenvalue weighted by molar-refractivity contribution is 7.89. The van der Waals surface area contributed by atoms with Crippen LogP contribution in [0.1, 0.15) is 31.6 Å². The molecule has 1 aliphatic rings. The maximum atomic E-state index is 13.0. The van der Waals surface area contributed by atoms with Gasteiger partial charge < -0.3 is 14.0 Å². The first kappa shape index (κ1) is 20.6. The van der Waals surface area contributed by atoms with E-state index in [1.165, 1.54) is 30.7 Å². The number of piperazine rings is 1. The van der Waals surface area contributed by atoms with Gasteiger partial charge in [0, 0.05) is 38.7 Å². The second kappa shape index (κ2) is 8.46. The van der Waals surface area contributed by atoms with Crippen molar-refractivity contribution in [3.8, 4) is 11.5 Å². The predicted octanol–water partition coefficient (Wildman–Crippen LogP) is 1.72. The standard InChI is InChI=1S/C18H26N4O5S/c1-5-17-19-18(27-20-17)13(2)21-8-10-22(11-9-21)28(23,24)14-6-7-15(25-3)16(12-14)26-4/h6-7,12-13H,5,8-11H2,1-4H3. The molecular weight excluding hydrogens is 384 g/mol. The highest BCUT2D eigenvalue weighted by Gasteiger charge is 2.32. The van der Waals surface area contributed by atoms with Gasteiger partial charge in [-0.05, 0) is 19.1 Å². The SMILES string of the molecule is CCc1noc(C(C)N2CCN(S(=O)(=O)c3ccc(OC)c(OC)c3)CC2)n1. The van der Waals surface area contributed by atoms with Crippen molar-refractivity contribution in [1.29, 1.82) is 0 Å². The molecule has 0 N–H and O–H groups in total. The third-order valence-electron chi connectivity index (χ3n) is 4.97. The summed E-state index contributed by atoms with van der Waals surface area (Å²) in [5.74, 6) is 2.12. The van der Waals surface area contributed by atoms with E-state index in [1.54, 1.807) is 6.07 Å².